The van der Waals surface area contributed by atoms with Crippen molar-refractivity contribution < 1.29 is 0 Å². The van der Waals surface area contributed by atoms with Crippen molar-refractivity contribution in [2.24, 2.45) is 5.73 Å². The van der Waals surface area contributed by atoms with Gasteiger partial charge in [-0.3, -0.25) is 9.88 Å². The summed E-state index contributed by atoms with van der Waals surface area (Å²) in [7, 11) is 2.11. The minimum atomic E-state index is 0.0505. The van der Waals surface area contributed by atoms with Crippen LogP contribution < -0.4 is 5.73 Å². The lowest BCUT2D eigenvalue weighted by Crippen LogP contribution is -2.36. The highest BCUT2D eigenvalue weighted by Gasteiger charge is 2.21. The molecule has 106 valence electrons. The van der Waals surface area contributed by atoms with Crippen molar-refractivity contribution >= 4 is 15.9 Å². The zero-order chi connectivity index (χ0) is 14.5. The van der Waals surface area contributed by atoms with E-state index in [0.717, 1.165) is 11.0 Å². The molecule has 2 N–H and O–H groups in total. The predicted octanol–water partition coefficient (Wildman–Crippen LogP) is 3.36. The van der Waals surface area contributed by atoms with Gasteiger partial charge in [0.05, 0.1) is 0 Å². The lowest BCUT2D eigenvalue weighted by molar-refractivity contribution is 0.211. The Morgan fingerprint density at radius 3 is 2.55 bits per heavy atom. The molecular weight excluding hydrogens is 314 g/mol. The molecule has 2 rings (SSSR count). The van der Waals surface area contributed by atoms with E-state index in [1.807, 2.05) is 37.5 Å². The maximum Gasteiger partial charge on any atom is 0.0498 e. The number of pyridine rings is 1. The molecule has 0 aliphatic carbocycles. The van der Waals surface area contributed by atoms with Crippen LogP contribution in [0.15, 0.2) is 53.3 Å². The van der Waals surface area contributed by atoms with E-state index < -0.39 is 0 Å². The first-order valence-corrected chi connectivity index (χ1v) is 7.47. The summed E-state index contributed by atoms with van der Waals surface area (Å²) >= 11 is 3.51. The van der Waals surface area contributed by atoms with Crippen LogP contribution in [0.2, 0.25) is 0 Å². The van der Waals surface area contributed by atoms with Crippen LogP contribution in [-0.2, 0) is 6.54 Å². The predicted molar refractivity (Wildman–Crippen MR) is 86.2 cm³/mol. The highest BCUT2D eigenvalue weighted by atomic mass is 79.9. The molecule has 2 atom stereocenters. The molecule has 2 aromatic rings. The Morgan fingerprint density at radius 1 is 1.25 bits per heavy atom. The molecule has 0 aliphatic heterocycles. The summed E-state index contributed by atoms with van der Waals surface area (Å²) in [4.78, 5) is 6.36. The van der Waals surface area contributed by atoms with Crippen molar-refractivity contribution in [2.45, 2.75) is 25.6 Å². The molecule has 4 heteroatoms. The Labute approximate surface area is 129 Å². The Morgan fingerprint density at radius 2 is 1.95 bits per heavy atom. The summed E-state index contributed by atoms with van der Waals surface area (Å²) in [5, 5.41) is 0. The third-order valence-electron chi connectivity index (χ3n) is 3.34. The van der Waals surface area contributed by atoms with Crippen LogP contribution >= 0.6 is 15.9 Å². The SMILES string of the molecule is CC(N)C(c1ccncc1)N(C)Cc1cccc(Br)c1. The van der Waals surface area contributed by atoms with Crippen LogP contribution in [0.5, 0.6) is 0 Å². The summed E-state index contributed by atoms with van der Waals surface area (Å²) in [5.41, 5.74) is 8.65. The summed E-state index contributed by atoms with van der Waals surface area (Å²) in [6, 6.07) is 12.7. The second-order valence-electron chi connectivity index (χ2n) is 5.13. The molecule has 1 aromatic carbocycles. The lowest BCUT2D eigenvalue weighted by atomic mass is 10.00. The minimum absolute atomic E-state index is 0.0505. The first-order valence-electron chi connectivity index (χ1n) is 6.68. The molecule has 1 heterocycles. The van der Waals surface area contributed by atoms with E-state index >= 15 is 0 Å². The van der Waals surface area contributed by atoms with Crippen molar-refractivity contribution in [1.29, 1.82) is 0 Å². The Balaban J connectivity index is 2.18. The molecular formula is C16H20BrN3. The summed E-state index contributed by atoms with van der Waals surface area (Å²) in [6.07, 6.45) is 3.63. The van der Waals surface area contributed by atoms with Crippen LogP contribution in [-0.4, -0.2) is 23.0 Å². The highest BCUT2D eigenvalue weighted by Crippen LogP contribution is 2.24. The lowest BCUT2D eigenvalue weighted by Gasteiger charge is -2.31. The minimum Gasteiger partial charge on any atom is -0.326 e. The average molecular weight is 334 g/mol. The monoisotopic (exact) mass is 333 g/mol. The van der Waals surface area contributed by atoms with Gasteiger partial charge in [0.2, 0.25) is 0 Å². The summed E-state index contributed by atoms with van der Waals surface area (Å²) in [6.45, 7) is 2.90. The maximum absolute atomic E-state index is 6.18. The van der Waals surface area contributed by atoms with E-state index in [-0.39, 0.29) is 12.1 Å². The van der Waals surface area contributed by atoms with Crippen LogP contribution in [0.1, 0.15) is 24.1 Å². The number of rotatable bonds is 5. The molecule has 0 spiro atoms. The summed E-state index contributed by atoms with van der Waals surface area (Å²) in [5.74, 6) is 0. The standard InChI is InChI=1S/C16H20BrN3/c1-12(18)16(14-6-8-19-9-7-14)20(2)11-13-4-3-5-15(17)10-13/h3-10,12,16H,11,18H2,1-2H3. The molecule has 20 heavy (non-hydrogen) atoms. The highest BCUT2D eigenvalue weighted by molar-refractivity contribution is 9.10. The fraction of sp³-hybridized carbons (Fsp3) is 0.312. The molecule has 0 saturated carbocycles. The van der Waals surface area contributed by atoms with Gasteiger partial charge in [-0.1, -0.05) is 28.1 Å². The molecule has 0 bridgehead atoms. The van der Waals surface area contributed by atoms with Crippen LogP contribution in [0.25, 0.3) is 0 Å². The van der Waals surface area contributed by atoms with Crippen molar-refractivity contribution in [3.05, 3.63) is 64.4 Å². The average Bonchev–Trinajstić information content (AvgIpc) is 2.39. The number of nitrogens with two attached hydrogens (primary N) is 1. The van der Waals surface area contributed by atoms with Crippen LogP contribution in [0.4, 0.5) is 0 Å². The van der Waals surface area contributed by atoms with Gasteiger partial charge in [0.1, 0.15) is 0 Å². The normalized spacial score (nSPS) is 14.2. The largest absolute Gasteiger partial charge is 0.326 e. The molecule has 0 saturated heterocycles. The van der Waals surface area contributed by atoms with Crippen LogP contribution in [0.3, 0.4) is 0 Å². The quantitative estimate of drug-likeness (QED) is 0.912. The third kappa shape index (κ3) is 3.88. The third-order valence-corrected chi connectivity index (χ3v) is 3.83. The Hall–Kier alpha value is -1.23. The number of aromatic nitrogens is 1. The van der Waals surface area contributed by atoms with Crippen molar-refractivity contribution in [1.82, 2.24) is 9.88 Å². The molecule has 0 fully saturated rings. The Kier molecular flexibility index (Phi) is 5.29. The molecule has 0 radical (unpaired) electrons. The topological polar surface area (TPSA) is 42.1 Å². The van der Waals surface area contributed by atoms with Gasteiger partial charge in [-0.15, -0.1) is 0 Å². The van der Waals surface area contributed by atoms with Crippen LogP contribution in [0, 0.1) is 0 Å². The fourth-order valence-corrected chi connectivity index (χ4v) is 2.99. The first kappa shape index (κ1) is 15.2. The van der Waals surface area contributed by atoms with Gasteiger partial charge in [0.15, 0.2) is 0 Å². The van der Waals surface area contributed by atoms with Crippen molar-refractivity contribution in [3.63, 3.8) is 0 Å². The molecule has 0 aliphatic rings. The number of halogens is 1. The van der Waals surface area contributed by atoms with E-state index in [1.54, 1.807) is 0 Å². The second-order valence-corrected chi connectivity index (χ2v) is 6.05. The van der Waals surface area contributed by atoms with Gasteiger partial charge in [-0.2, -0.15) is 0 Å². The van der Waals surface area contributed by atoms with E-state index in [1.165, 1.54) is 11.1 Å². The maximum atomic E-state index is 6.18. The second kappa shape index (κ2) is 6.97. The van der Waals surface area contributed by atoms with Crippen molar-refractivity contribution in [3.8, 4) is 0 Å². The first-order chi connectivity index (χ1) is 9.58. The van der Waals surface area contributed by atoms with Gasteiger partial charge in [-0.25, -0.2) is 0 Å². The smallest absolute Gasteiger partial charge is 0.0498 e. The van der Waals surface area contributed by atoms with E-state index in [4.69, 9.17) is 5.73 Å². The van der Waals surface area contributed by atoms with Gasteiger partial charge in [0.25, 0.3) is 0 Å². The number of hydrogen-bond acceptors (Lipinski definition) is 3. The Bertz CT molecular complexity index is 542. The van der Waals surface area contributed by atoms with Gasteiger partial charge >= 0.3 is 0 Å². The van der Waals surface area contributed by atoms with Gasteiger partial charge in [-0.05, 0) is 49.4 Å². The molecule has 3 nitrogen and oxygen atoms in total. The molecule has 0 amide bonds. The number of benzene rings is 1. The fourth-order valence-electron chi connectivity index (χ4n) is 2.54. The van der Waals surface area contributed by atoms with Gasteiger partial charge < -0.3 is 5.73 Å². The van der Waals surface area contributed by atoms with E-state index in [9.17, 15) is 0 Å². The zero-order valence-electron chi connectivity index (χ0n) is 11.8. The van der Waals surface area contributed by atoms with Gasteiger partial charge in [0, 0.05) is 35.5 Å². The molecule has 2 unspecified atom stereocenters. The summed E-state index contributed by atoms with van der Waals surface area (Å²) < 4.78 is 1.10. The van der Waals surface area contributed by atoms with E-state index in [2.05, 4.69) is 51.1 Å². The van der Waals surface area contributed by atoms with Crippen molar-refractivity contribution in [2.75, 3.05) is 7.05 Å². The number of hydrogen-bond donors (Lipinski definition) is 1. The zero-order valence-corrected chi connectivity index (χ0v) is 13.4. The number of likely N-dealkylation sites (N-methyl/N-ethyl adjacent to an activating group) is 1. The number of nitrogens with zero attached hydrogens (tertiary/aromatic N) is 2. The van der Waals surface area contributed by atoms with E-state index in [0.29, 0.717) is 0 Å². The molecule has 1 aromatic heterocycles.